The van der Waals surface area contributed by atoms with Crippen LogP contribution in [0.3, 0.4) is 0 Å². The van der Waals surface area contributed by atoms with Gasteiger partial charge in [0.15, 0.2) is 0 Å². The molecule has 0 bridgehead atoms. The van der Waals surface area contributed by atoms with Gasteiger partial charge in [-0.3, -0.25) is 20.0 Å². The molecular weight excluding hydrogens is 693 g/mol. The Kier molecular flexibility index (Phi) is 9.51. The van der Waals surface area contributed by atoms with Crippen molar-refractivity contribution in [2.75, 3.05) is 0 Å². The Morgan fingerprint density at radius 2 is 0.643 bits per heavy atom. The van der Waals surface area contributed by atoms with Crippen molar-refractivity contribution in [2.45, 2.75) is 49.6 Å². The Labute approximate surface area is 325 Å². The monoisotopic (exact) mass is 734 g/mol. The molecule has 0 aromatic heterocycles. The average molecular weight is 735 g/mol. The van der Waals surface area contributed by atoms with Crippen LogP contribution in [0.25, 0.3) is 43.1 Å². The molecule has 1 aliphatic carbocycles. The molecule has 0 heterocycles. The summed E-state index contributed by atoms with van der Waals surface area (Å²) in [6.45, 7) is 0. The molecule has 8 aromatic carbocycles. The molecule has 0 radical (unpaired) electrons. The third kappa shape index (κ3) is 6.27. The second-order valence-electron chi connectivity index (χ2n) is 14.9. The van der Waals surface area contributed by atoms with E-state index in [0.717, 1.165) is 88.3 Å². The van der Waals surface area contributed by atoms with Crippen molar-refractivity contribution in [1.82, 2.24) is 10.1 Å². The van der Waals surface area contributed by atoms with Gasteiger partial charge in [0.1, 0.15) is 0 Å². The van der Waals surface area contributed by atoms with Gasteiger partial charge in [-0.15, -0.1) is 0 Å². The van der Waals surface area contributed by atoms with Crippen LogP contribution >= 0.6 is 0 Å². The summed E-state index contributed by atoms with van der Waals surface area (Å²) < 4.78 is 0. The van der Waals surface area contributed by atoms with Crippen LogP contribution in [-0.4, -0.2) is 44.4 Å². The van der Waals surface area contributed by atoms with E-state index < -0.39 is 35.7 Å². The molecule has 1 unspecified atom stereocenters. The van der Waals surface area contributed by atoms with Gasteiger partial charge in [-0.05, 0) is 78.2 Å². The number of hydroxylamine groups is 4. The minimum Gasteiger partial charge on any atom is -0.286 e. The number of carbonyl (C=O) groups excluding carboxylic acids is 2. The van der Waals surface area contributed by atoms with Crippen molar-refractivity contribution in [1.29, 1.82) is 0 Å². The van der Waals surface area contributed by atoms with Crippen molar-refractivity contribution in [3.05, 3.63) is 192 Å². The van der Waals surface area contributed by atoms with Crippen molar-refractivity contribution in [3.63, 3.8) is 0 Å². The van der Waals surface area contributed by atoms with Crippen LogP contribution in [0.15, 0.2) is 170 Å². The SMILES string of the molecule is O=C(C(c1cccc2ccccc12)c1cccc2ccccc12)N(O)C1CCCC[C@H]1N(O)C(=O)C(c1cccc2ccccc12)c1cccc2ccccc12. The largest absolute Gasteiger partial charge is 0.286 e. The molecule has 2 atom stereocenters. The Morgan fingerprint density at radius 1 is 0.393 bits per heavy atom. The van der Waals surface area contributed by atoms with Crippen LogP contribution in [0.1, 0.15) is 59.8 Å². The number of hydrogen-bond acceptors (Lipinski definition) is 4. The third-order valence-corrected chi connectivity index (χ3v) is 11.8. The molecule has 0 spiro atoms. The molecule has 56 heavy (non-hydrogen) atoms. The van der Waals surface area contributed by atoms with Gasteiger partial charge in [0.05, 0.1) is 23.9 Å². The van der Waals surface area contributed by atoms with Gasteiger partial charge in [-0.25, -0.2) is 10.1 Å². The minimum absolute atomic E-state index is 0.419. The maximum absolute atomic E-state index is 15.1. The fraction of sp³-hybridized carbons (Fsp3) is 0.160. The minimum atomic E-state index is -0.860. The highest BCUT2D eigenvalue weighted by Crippen LogP contribution is 2.40. The standard InChI is InChI=1S/C50H42N2O4/c53-49(47(41-27-11-19-33-15-1-5-23-37(33)41)42-28-12-20-34-16-2-6-24-38(34)42)51(55)45-31-9-10-32-46(45)52(56)50(54)48(43-29-13-21-35-17-3-7-25-39(35)43)44-30-14-22-36-18-4-8-26-40(36)44/h1-8,11-30,45-48,55-56H,9-10,31-32H2/t45-,46?/m1/s1. The van der Waals surface area contributed by atoms with E-state index in [1.165, 1.54) is 0 Å². The van der Waals surface area contributed by atoms with Gasteiger partial charge in [-0.1, -0.05) is 183 Å². The summed E-state index contributed by atoms with van der Waals surface area (Å²) in [5.74, 6) is -2.73. The topological polar surface area (TPSA) is 81.1 Å². The zero-order valence-electron chi connectivity index (χ0n) is 30.9. The van der Waals surface area contributed by atoms with Crippen LogP contribution in [0, 0.1) is 0 Å². The quantitative estimate of drug-likeness (QED) is 0.120. The lowest BCUT2D eigenvalue weighted by atomic mass is 9.82. The predicted molar refractivity (Wildman–Crippen MR) is 223 cm³/mol. The Morgan fingerprint density at radius 3 is 0.929 bits per heavy atom. The summed E-state index contributed by atoms with van der Waals surface area (Å²) in [7, 11) is 0. The van der Waals surface area contributed by atoms with Gasteiger partial charge < -0.3 is 0 Å². The first-order valence-electron chi connectivity index (χ1n) is 19.4. The fourth-order valence-electron chi connectivity index (χ4n) is 9.13. The normalized spacial score (nSPS) is 15.9. The number of amides is 2. The molecule has 1 fully saturated rings. The molecule has 1 saturated carbocycles. The van der Waals surface area contributed by atoms with Crippen LogP contribution in [-0.2, 0) is 9.59 Å². The van der Waals surface area contributed by atoms with E-state index in [-0.39, 0.29) is 0 Å². The average Bonchev–Trinajstić information content (AvgIpc) is 3.26. The van der Waals surface area contributed by atoms with Gasteiger partial charge in [0.25, 0.3) is 11.8 Å². The predicted octanol–water partition coefficient (Wildman–Crippen LogP) is 11.0. The van der Waals surface area contributed by atoms with E-state index in [1.807, 2.05) is 170 Å². The molecule has 2 amide bonds. The first-order valence-corrected chi connectivity index (χ1v) is 19.4. The molecule has 6 nitrogen and oxygen atoms in total. The van der Waals surface area contributed by atoms with E-state index in [0.29, 0.717) is 12.8 Å². The highest BCUT2D eigenvalue weighted by atomic mass is 16.5. The number of fused-ring (bicyclic) bond motifs is 4. The van der Waals surface area contributed by atoms with Crippen LogP contribution in [0.2, 0.25) is 0 Å². The summed E-state index contributed by atoms with van der Waals surface area (Å²) in [6.07, 6.45) is 2.30. The van der Waals surface area contributed by atoms with Gasteiger partial charge in [0, 0.05) is 0 Å². The first kappa shape index (κ1) is 35.4. The summed E-state index contributed by atoms with van der Waals surface area (Å²) in [6, 6.07) is 53.9. The summed E-state index contributed by atoms with van der Waals surface area (Å²) in [5.41, 5.74) is 3.11. The molecular formula is C50H42N2O4. The second-order valence-corrected chi connectivity index (χ2v) is 14.9. The molecule has 1 aliphatic rings. The molecule has 276 valence electrons. The van der Waals surface area contributed by atoms with E-state index in [1.54, 1.807) is 0 Å². The van der Waals surface area contributed by atoms with Crippen molar-refractivity contribution in [3.8, 4) is 0 Å². The highest BCUT2D eigenvalue weighted by molar-refractivity contribution is 6.01. The van der Waals surface area contributed by atoms with Gasteiger partial charge >= 0.3 is 0 Å². The second kappa shape index (κ2) is 15.1. The van der Waals surface area contributed by atoms with E-state index in [4.69, 9.17) is 0 Å². The number of carbonyl (C=O) groups is 2. The third-order valence-electron chi connectivity index (χ3n) is 11.8. The lowest BCUT2D eigenvalue weighted by Crippen LogP contribution is -2.56. The zero-order chi connectivity index (χ0) is 38.2. The number of nitrogens with zero attached hydrogens (tertiary/aromatic N) is 2. The van der Waals surface area contributed by atoms with Crippen LogP contribution in [0.5, 0.6) is 0 Å². The van der Waals surface area contributed by atoms with Crippen LogP contribution < -0.4 is 0 Å². The first-order chi connectivity index (χ1) is 27.5. The summed E-state index contributed by atoms with van der Waals surface area (Å²) in [5, 5.41) is 33.8. The highest BCUT2D eigenvalue weighted by Gasteiger charge is 2.43. The Balaban J connectivity index is 1.13. The Bertz CT molecular complexity index is 2380. The van der Waals surface area contributed by atoms with Crippen molar-refractivity contribution >= 4 is 54.9 Å². The summed E-state index contributed by atoms with van der Waals surface area (Å²) >= 11 is 0. The van der Waals surface area contributed by atoms with E-state index in [2.05, 4.69) is 0 Å². The molecule has 9 rings (SSSR count). The number of hydrogen-bond donors (Lipinski definition) is 2. The molecule has 2 N–H and O–H groups in total. The molecule has 0 aliphatic heterocycles. The maximum Gasteiger partial charge on any atom is 0.258 e. The smallest absolute Gasteiger partial charge is 0.258 e. The zero-order valence-corrected chi connectivity index (χ0v) is 30.9. The lowest BCUT2D eigenvalue weighted by molar-refractivity contribution is -0.213. The number of benzene rings is 8. The van der Waals surface area contributed by atoms with Crippen molar-refractivity contribution < 1.29 is 20.0 Å². The maximum atomic E-state index is 15.1. The van der Waals surface area contributed by atoms with Crippen molar-refractivity contribution in [2.24, 2.45) is 0 Å². The number of rotatable bonds is 8. The molecule has 0 saturated heterocycles. The summed E-state index contributed by atoms with van der Waals surface area (Å²) in [4.78, 5) is 30.3. The molecule has 6 heteroatoms. The van der Waals surface area contributed by atoms with E-state index >= 15 is 9.59 Å². The lowest BCUT2D eigenvalue weighted by Gasteiger charge is -2.41. The van der Waals surface area contributed by atoms with E-state index in [9.17, 15) is 10.4 Å². The fourth-order valence-corrected chi connectivity index (χ4v) is 9.13. The van der Waals surface area contributed by atoms with Gasteiger partial charge in [0.2, 0.25) is 0 Å². The van der Waals surface area contributed by atoms with Crippen LogP contribution in [0.4, 0.5) is 0 Å². The van der Waals surface area contributed by atoms with Gasteiger partial charge in [-0.2, -0.15) is 0 Å². The Hall–Kier alpha value is -6.34. The molecule has 8 aromatic rings.